The van der Waals surface area contributed by atoms with Crippen molar-refractivity contribution in [2.75, 3.05) is 0 Å². The topological polar surface area (TPSA) is 54.4 Å². The summed E-state index contributed by atoms with van der Waals surface area (Å²) in [5.41, 5.74) is -1.24. The van der Waals surface area contributed by atoms with Crippen molar-refractivity contribution >= 4 is 11.6 Å². The molecule has 4 rings (SSSR count). The molecule has 0 radical (unpaired) electrons. The molecule has 0 amide bonds. The van der Waals surface area contributed by atoms with Crippen molar-refractivity contribution in [3.8, 4) is 0 Å². The summed E-state index contributed by atoms with van der Waals surface area (Å²) in [5, 5.41) is 11.6. The zero-order chi connectivity index (χ0) is 17.7. The van der Waals surface area contributed by atoms with Crippen molar-refractivity contribution in [1.82, 2.24) is 0 Å². The molecule has 1 aromatic carbocycles. The minimum absolute atomic E-state index is 0.0390. The van der Waals surface area contributed by atoms with Gasteiger partial charge in [0.2, 0.25) is 0 Å². The van der Waals surface area contributed by atoms with Crippen LogP contribution < -0.4 is 0 Å². The van der Waals surface area contributed by atoms with Crippen LogP contribution >= 0.6 is 0 Å². The van der Waals surface area contributed by atoms with Crippen molar-refractivity contribution in [3.05, 3.63) is 35.9 Å². The molecule has 134 valence electrons. The molecule has 3 nitrogen and oxygen atoms in total. The summed E-state index contributed by atoms with van der Waals surface area (Å²) in [5.74, 6) is 0.351. The Balaban J connectivity index is 1.75. The Morgan fingerprint density at radius 2 is 1.80 bits per heavy atom. The number of hydrogen-bond acceptors (Lipinski definition) is 3. The van der Waals surface area contributed by atoms with E-state index in [-0.39, 0.29) is 17.5 Å². The second-order valence-corrected chi connectivity index (χ2v) is 8.65. The Morgan fingerprint density at radius 1 is 1.12 bits per heavy atom. The highest BCUT2D eigenvalue weighted by Gasteiger charge is 2.69. The van der Waals surface area contributed by atoms with E-state index in [4.69, 9.17) is 0 Å². The highest BCUT2D eigenvalue weighted by molar-refractivity contribution is 6.01. The van der Waals surface area contributed by atoms with Crippen molar-refractivity contribution in [2.24, 2.45) is 23.2 Å². The Labute approximate surface area is 149 Å². The third-order valence-corrected chi connectivity index (χ3v) is 7.49. The van der Waals surface area contributed by atoms with Gasteiger partial charge in [0.15, 0.2) is 5.78 Å². The number of carbonyl (C=O) groups excluding carboxylic acids is 2. The molecule has 0 spiro atoms. The maximum atomic E-state index is 13.4. The number of carbonyl (C=O) groups is 2. The van der Waals surface area contributed by atoms with E-state index in [1.54, 1.807) is 0 Å². The Hall–Kier alpha value is -1.48. The maximum absolute atomic E-state index is 13.4. The molecule has 3 heteroatoms. The van der Waals surface area contributed by atoms with Crippen molar-refractivity contribution in [2.45, 2.75) is 63.9 Å². The third-order valence-electron chi connectivity index (χ3n) is 7.49. The van der Waals surface area contributed by atoms with E-state index < -0.39 is 16.9 Å². The van der Waals surface area contributed by atoms with Gasteiger partial charge in [0.25, 0.3) is 0 Å². The molecule has 0 heterocycles. The molecule has 0 bridgehead atoms. The van der Waals surface area contributed by atoms with E-state index in [0.29, 0.717) is 30.7 Å². The first-order chi connectivity index (χ1) is 12.0. The molecule has 0 aliphatic heterocycles. The fraction of sp³-hybridized carbons (Fsp3) is 0.636. The zero-order valence-corrected chi connectivity index (χ0v) is 15.0. The largest absolute Gasteiger partial charge is 0.388 e. The molecule has 1 N–H and O–H groups in total. The van der Waals surface area contributed by atoms with Gasteiger partial charge in [0.1, 0.15) is 5.78 Å². The zero-order valence-electron chi connectivity index (χ0n) is 15.0. The van der Waals surface area contributed by atoms with Crippen molar-refractivity contribution in [3.63, 3.8) is 0 Å². The summed E-state index contributed by atoms with van der Waals surface area (Å²) < 4.78 is 0. The van der Waals surface area contributed by atoms with Crippen LogP contribution in [0.5, 0.6) is 0 Å². The number of Topliss-reactive ketones (excluding diaryl/α,β-unsaturated/α-hetero) is 2. The van der Waals surface area contributed by atoms with Crippen LogP contribution in [-0.4, -0.2) is 22.3 Å². The average molecular weight is 340 g/mol. The fourth-order valence-electron chi connectivity index (χ4n) is 6.02. The van der Waals surface area contributed by atoms with Gasteiger partial charge in [-0.1, -0.05) is 62.4 Å². The lowest BCUT2D eigenvalue weighted by molar-refractivity contribution is -0.133. The van der Waals surface area contributed by atoms with Gasteiger partial charge < -0.3 is 5.11 Å². The first-order valence-electron chi connectivity index (χ1n) is 9.82. The molecule has 3 saturated carbocycles. The van der Waals surface area contributed by atoms with E-state index in [9.17, 15) is 14.7 Å². The van der Waals surface area contributed by atoms with E-state index in [1.165, 1.54) is 19.3 Å². The third kappa shape index (κ3) is 2.43. The molecule has 3 aliphatic carbocycles. The van der Waals surface area contributed by atoms with Gasteiger partial charge in [-0.3, -0.25) is 9.59 Å². The van der Waals surface area contributed by atoms with Gasteiger partial charge in [-0.05, 0) is 31.6 Å². The fourth-order valence-corrected chi connectivity index (χ4v) is 6.02. The summed E-state index contributed by atoms with van der Waals surface area (Å²) in [6, 6.07) is 9.34. The second-order valence-electron chi connectivity index (χ2n) is 8.65. The number of ketones is 2. The van der Waals surface area contributed by atoms with Crippen molar-refractivity contribution < 1.29 is 14.7 Å². The number of fused-ring (bicyclic) bond motifs is 1. The molecular formula is C22H28O3. The first-order valence-corrected chi connectivity index (χ1v) is 9.82. The minimum atomic E-state index is -1.17. The number of hydrogen-bond donors (Lipinski definition) is 1. The van der Waals surface area contributed by atoms with Crippen LogP contribution in [0, 0.1) is 23.2 Å². The summed E-state index contributed by atoms with van der Waals surface area (Å²) in [6.07, 6.45) is 7.45. The lowest BCUT2D eigenvalue weighted by atomic mass is 9.69. The van der Waals surface area contributed by atoms with Gasteiger partial charge in [-0.2, -0.15) is 0 Å². The van der Waals surface area contributed by atoms with Gasteiger partial charge in [0, 0.05) is 12.0 Å². The lowest BCUT2D eigenvalue weighted by Crippen LogP contribution is -2.48. The normalized spacial score (nSPS) is 38.7. The van der Waals surface area contributed by atoms with E-state index in [1.807, 2.05) is 37.3 Å². The van der Waals surface area contributed by atoms with Crippen LogP contribution in [0.25, 0.3) is 0 Å². The predicted octanol–water partition coefficient (Wildman–Crippen LogP) is 4.19. The highest BCUT2D eigenvalue weighted by Crippen LogP contribution is 2.63. The Morgan fingerprint density at radius 3 is 2.48 bits per heavy atom. The van der Waals surface area contributed by atoms with Crippen LogP contribution in [0.1, 0.15) is 68.6 Å². The van der Waals surface area contributed by atoms with Gasteiger partial charge in [-0.15, -0.1) is 0 Å². The smallest absolute Gasteiger partial charge is 0.169 e. The summed E-state index contributed by atoms with van der Waals surface area (Å²) in [7, 11) is 0. The van der Waals surface area contributed by atoms with Gasteiger partial charge in [0.05, 0.1) is 16.9 Å². The van der Waals surface area contributed by atoms with Crippen LogP contribution in [0.3, 0.4) is 0 Å². The lowest BCUT2D eigenvalue weighted by Gasteiger charge is -2.37. The molecule has 3 fully saturated rings. The molecule has 3 aliphatic rings. The molecule has 1 aromatic rings. The summed E-state index contributed by atoms with van der Waals surface area (Å²) >= 11 is 0. The maximum Gasteiger partial charge on any atom is 0.169 e. The number of aliphatic hydroxyl groups is 1. The van der Waals surface area contributed by atoms with Crippen LogP contribution in [0.15, 0.2) is 30.3 Å². The first kappa shape index (κ1) is 17.0. The van der Waals surface area contributed by atoms with Crippen LogP contribution in [0.2, 0.25) is 0 Å². The minimum Gasteiger partial charge on any atom is -0.388 e. The number of benzene rings is 1. The van der Waals surface area contributed by atoms with E-state index in [0.717, 1.165) is 12.8 Å². The standard InChI is InChI=1S/C22H28O3/c1-21-14-17(15-8-4-2-5-9-15)19(22(21,25)13-12-18(21)23)20(24)16-10-6-3-7-11-16/h3,6-7,10-11,15,17,19,25H,2,4-5,8-9,12-14H2,1H3/t17-,19+,21+,22-/m0/s1. The molecule has 0 saturated heterocycles. The number of rotatable bonds is 3. The van der Waals surface area contributed by atoms with Gasteiger partial charge in [-0.25, -0.2) is 0 Å². The molecule has 0 unspecified atom stereocenters. The van der Waals surface area contributed by atoms with E-state index in [2.05, 4.69) is 0 Å². The summed E-state index contributed by atoms with van der Waals surface area (Å²) in [4.78, 5) is 26.1. The van der Waals surface area contributed by atoms with Crippen LogP contribution in [0.4, 0.5) is 0 Å². The SMILES string of the molecule is C[C@]12C[C@@H](C3CCCCC3)[C@H](C(=O)c3ccccc3)[C@@]1(O)CCC2=O. The molecule has 0 aromatic heterocycles. The van der Waals surface area contributed by atoms with E-state index >= 15 is 0 Å². The van der Waals surface area contributed by atoms with Gasteiger partial charge >= 0.3 is 0 Å². The Kier molecular flexibility index (Phi) is 4.10. The monoisotopic (exact) mass is 340 g/mol. The molecule has 4 atom stereocenters. The predicted molar refractivity (Wildman–Crippen MR) is 96.2 cm³/mol. The quantitative estimate of drug-likeness (QED) is 0.840. The highest BCUT2D eigenvalue weighted by atomic mass is 16.3. The molecular weight excluding hydrogens is 312 g/mol. The second kappa shape index (κ2) is 6.05. The average Bonchev–Trinajstić information content (AvgIpc) is 3.02. The summed E-state index contributed by atoms with van der Waals surface area (Å²) in [6.45, 7) is 1.91. The van der Waals surface area contributed by atoms with Crippen LogP contribution in [-0.2, 0) is 4.79 Å². The Bertz CT molecular complexity index is 676. The molecule has 25 heavy (non-hydrogen) atoms. The van der Waals surface area contributed by atoms with Crippen molar-refractivity contribution in [1.29, 1.82) is 0 Å².